The van der Waals surface area contributed by atoms with Gasteiger partial charge in [0.1, 0.15) is 12.1 Å². The van der Waals surface area contributed by atoms with Gasteiger partial charge in [0.25, 0.3) is 5.91 Å². The zero-order valence-electron chi connectivity index (χ0n) is 14.0. The van der Waals surface area contributed by atoms with Crippen LogP contribution < -0.4 is 5.46 Å². The molecule has 0 saturated carbocycles. The van der Waals surface area contributed by atoms with Gasteiger partial charge >= 0.3 is 7.12 Å². The molecule has 1 aromatic heterocycles. The van der Waals surface area contributed by atoms with Gasteiger partial charge in [0.05, 0.1) is 0 Å². The Hall–Kier alpha value is -2.45. The minimum Gasteiger partial charge on any atom is -0.423 e. The van der Waals surface area contributed by atoms with Crippen LogP contribution in [0.5, 0.6) is 0 Å². The lowest BCUT2D eigenvalue weighted by Crippen LogP contribution is -2.36. The van der Waals surface area contributed by atoms with Crippen LogP contribution in [0, 0.1) is 5.92 Å². The van der Waals surface area contributed by atoms with Crippen molar-refractivity contribution in [1.82, 2.24) is 14.5 Å². The Morgan fingerprint density at radius 3 is 3.00 bits per heavy atom. The first kappa shape index (κ1) is 17.4. The Balaban J connectivity index is 1.69. The monoisotopic (exact) mass is 341 g/mol. The molecule has 130 valence electrons. The molecule has 0 radical (unpaired) electrons. The summed E-state index contributed by atoms with van der Waals surface area (Å²) in [6.45, 7) is 1.51. The number of amides is 1. The molecular formula is C17H20BN3O4. The van der Waals surface area contributed by atoms with Gasteiger partial charge in [-0.1, -0.05) is 6.07 Å². The van der Waals surface area contributed by atoms with Crippen LogP contribution >= 0.6 is 0 Å². The second kappa shape index (κ2) is 7.20. The van der Waals surface area contributed by atoms with Crippen LogP contribution in [0.15, 0.2) is 30.6 Å². The third kappa shape index (κ3) is 3.64. The molecule has 0 saturated heterocycles. The lowest BCUT2D eigenvalue weighted by atomic mass is 9.77. The molecule has 3 rings (SSSR count). The summed E-state index contributed by atoms with van der Waals surface area (Å²) >= 11 is 0. The van der Waals surface area contributed by atoms with Crippen molar-refractivity contribution in [2.45, 2.75) is 19.4 Å². The summed E-state index contributed by atoms with van der Waals surface area (Å²) in [6.07, 6.45) is 6.10. The van der Waals surface area contributed by atoms with Gasteiger partial charge in [0.2, 0.25) is 0 Å². The van der Waals surface area contributed by atoms with E-state index in [4.69, 9.17) is 0 Å². The predicted octanol–water partition coefficient (Wildman–Crippen LogP) is -0.290. The van der Waals surface area contributed by atoms with Gasteiger partial charge in [0, 0.05) is 50.1 Å². The predicted molar refractivity (Wildman–Crippen MR) is 92.7 cm³/mol. The van der Waals surface area contributed by atoms with Crippen molar-refractivity contribution in [2.24, 2.45) is 5.92 Å². The number of hydrogen-bond acceptors (Lipinski definition) is 5. The van der Waals surface area contributed by atoms with Gasteiger partial charge in [-0.05, 0) is 29.9 Å². The first-order chi connectivity index (χ1) is 12.0. The number of nitrogens with zero attached hydrogens (tertiary/aromatic N) is 3. The van der Waals surface area contributed by atoms with E-state index in [1.54, 1.807) is 18.1 Å². The first-order valence-corrected chi connectivity index (χ1v) is 8.20. The molecule has 7 nitrogen and oxygen atoms in total. The molecule has 2 N–H and O–H groups in total. The van der Waals surface area contributed by atoms with Crippen molar-refractivity contribution < 1.29 is 19.6 Å². The molecule has 1 aliphatic heterocycles. The van der Waals surface area contributed by atoms with Crippen LogP contribution in [0.25, 0.3) is 0 Å². The fourth-order valence-corrected chi connectivity index (χ4v) is 3.31. The van der Waals surface area contributed by atoms with E-state index in [-0.39, 0.29) is 16.9 Å². The van der Waals surface area contributed by atoms with Gasteiger partial charge in [-0.15, -0.1) is 0 Å². The average Bonchev–Trinajstić information content (AvgIpc) is 3.08. The second-order valence-electron chi connectivity index (χ2n) is 6.42. The topological polar surface area (TPSA) is 95.7 Å². The minimum absolute atomic E-state index is 0.0910. The summed E-state index contributed by atoms with van der Waals surface area (Å²) in [5.74, 6) is 1.19. The van der Waals surface area contributed by atoms with E-state index >= 15 is 0 Å². The summed E-state index contributed by atoms with van der Waals surface area (Å²) in [4.78, 5) is 29.7. The first-order valence-electron chi connectivity index (χ1n) is 8.20. The van der Waals surface area contributed by atoms with Crippen LogP contribution in [-0.2, 0) is 13.0 Å². The maximum Gasteiger partial charge on any atom is 0.489 e. The van der Waals surface area contributed by atoms with Crippen LogP contribution in [0.3, 0.4) is 0 Å². The molecule has 0 bridgehead atoms. The van der Waals surface area contributed by atoms with E-state index in [1.807, 2.05) is 6.20 Å². The van der Waals surface area contributed by atoms with Gasteiger partial charge in [0.15, 0.2) is 0 Å². The molecule has 2 aromatic rings. The third-order valence-corrected chi connectivity index (χ3v) is 4.67. The number of aryl methyl sites for hydroxylation is 1. The number of aldehydes is 1. The number of hydrogen-bond donors (Lipinski definition) is 2. The molecule has 1 unspecified atom stereocenters. The van der Waals surface area contributed by atoms with Gasteiger partial charge in [-0.3, -0.25) is 9.59 Å². The highest BCUT2D eigenvalue weighted by Gasteiger charge is 2.24. The molecule has 1 aromatic carbocycles. The number of fused-ring (bicyclic) bond motifs is 1. The number of rotatable bonds is 5. The third-order valence-electron chi connectivity index (χ3n) is 4.67. The summed E-state index contributed by atoms with van der Waals surface area (Å²) < 4.78 is 2.13. The Morgan fingerprint density at radius 1 is 1.48 bits per heavy atom. The lowest BCUT2D eigenvalue weighted by molar-refractivity contribution is 0.0764. The fourth-order valence-electron chi connectivity index (χ4n) is 3.31. The number of imidazole rings is 1. The molecule has 1 atom stereocenters. The van der Waals surface area contributed by atoms with E-state index in [2.05, 4.69) is 9.55 Å². The molecular weight excluding hydrogens is 321 g/mol. The number of carbonyl (C=O) groups excluding carboxylic acids is 2. The Kier molecular flexibility index (Phi) is 5.01. The van der Waals surface area contributed by atoms with Crippen LogP contribution in [0.2, 0.25) is 0 Å². The summed E-state index contributed by atoms with van der Waals surface area (Å²) in [5.41, 5.74) is 0.550. The van der Waals surface area contributed by atoms with Crippen molar-refractivity contribution in [3.05, 3.63) is 47.5 Å². The van der Waals surface area contributed by atoms with Crippen molar-refractivity contribution in [3.8, 4) is 0 Å². The van der Waals surface area contributed by atoms with Crippen LogP contribution in [0.4, 0.5) is 0 Å². The van der Waals surface area contributed by atoms with Gasteiger partial charge in [-0.25, -0.2) is 4.98 Å². The van der Waals surface area contributed by atoms with Crippen molar-refractivity contribution in [1.29, 1.82) is 0 Å². The summed E-state index contributed by atoms with van der Waals surface area (Å²) in [6, 6.07) is 4.30. The molecule has 0 aliphatic carbocycles. The molecule has 0 spiro atoms. The molecule has 2 heterocycles. The standard InChI is InChI=1S/C17H20BN3O4/c1-20(10-12-4-6-21-7-5-19-16(21)8-12)17(23)13-2-3-15(18(24)25)14(9-13)11-22/h2-3,5,7,9,11-12,24-25H,4,6,8,10H2,1H3. The van der Waals surface area contributed by atoms with Crippen molar-refractivity contribution in [2.75, 3.05) is 13.6 Å². The molecule has 0 fully saturated rings. The Labute approximate surface area is 146 Å². The molecule has 25 heavy (non-hydrogen) atoms. The van der Waals surface area contributed by atoms with E-state index in [9.17, 15) is 19.6 Å². The molecule has 1 aliphatic rings. The highest BCUT2D eigenvalue weighted by molar-refractivity contribution is 6.60. The zero-order valence-corrected chi connectivity index (χ0v) is 14.0. The normalized spacial score (nSPS) is 16.2. The summed E-state index contributed by atoms with van der Waals surface area (Å²) in [7, 11) is -0.00761. The van der Waals surface area contributed by atoms with E-state index in [1.165, 1.54) is 18.2 Å². The number of aromatic nitrogens is 2. The second-order valence-corrected chi connectivity index (χ2v) is 6.42. The summed E-state index contributed by atoms with van der Waals surface area (Å²) in [5, 5.41) is 18.5. The van der Waals surface area contributed by atoms with Crippen molar-refractivity contribution in [3.63, 3.8) is 0 Å². The maximum atomic E-state index is 12.6. The number of benzene rings is 1. The van der Waals surface area contributed by atoms with E-state index in [0.717, 1.165) is 25.2 Å². The molecule has 1 amide bonds. The average molecular weight is 341 g/mol. The highest BCUT2D eigenvalue weighted by Crippen LogP contribution is 2.20. The van der Waals surface area contributed by atoms with Crippen LogP contribution in [-0.4, -0.2) is 57.4 Å². The highest BCUT2D eigenvalue weighted by atomic mass is 16.4. The smallest absolute Gasteiger partial charge is 0.423 e. The van der Waals surface area contributed by atoms with E-state index in [0.29, 0.717) is 24.3 Å². The maximum absolute atomic E-state index is 12.6. The quantitative estimate of drug-likeness (QED) is 0.576. The Morgan fingerprint density at radius 2 is 2.28 bits per heavy atom. The lowest BCUT2D eigenvalue weighted by Gasteiger charge is -2.28. The zero-order chi connectivity index (χ0) is 18.0. The molecule has 8 heteroatoms. The fraction of sp³-hybridized carbons (Fsp3) is 0.353. The van der Waals surface area contributed by atoms with Gasteiger partial charge in [-0.2, -0.15) is 0 Å². The minimum atomic E-state index is -1.74. The Bertz CT molecular complexity index is 790. The van der Waals surface area contributed by atoms with Gasteiger partial charge < -0.3 is 19.5 Å². The van der Waals surface area contributed by atoms with Crippen LogP contribution in [0.1, 0.15) is 33.0 Å². The largest absolute Gasteiger partial charge is 0.489 e. The SMILES string of the molecule is CN(CC1CCn2ccnc2C1)C(=O)c1ccc(B(O)O)c(C=O)c1. The van der Waals surface area contributed by atoms with E-state index < -0.39 is 7.12 Å². The van der Waals surface area contributed by atoms with Crippen molar-refractivity contribution >= 4 is 24.8 Å². The number of carbonyl (C=O) groups is 2.